The van der Waals surface area contributed by atoms with E-state index in [1.807, 2.05) is 6.07 Å². The van der Waals surface area contributed by atoms with E-state index < -0.39 is 19.9 Å². The summed E-state index contributed by atoms with van der Waals surface area (Å²) in [5.74, 6) is 2.50. The number of anilines is 1. The normalized spacial score (nSPS) is 27.9. The van der Waals surface area contributed by atoms with E-state index >= 15 is 0 Å². The largest absolute Gasteiger partial charge is 0.381 e. The molecule has 1 saturated carbocycles. The number of benzene rings is 1. The van der Waals surface area contributed by atoms with Crippen molar-refractivity contribution in [3.63, 3.8) is 0 Å². The Morgan fingerprint density at radius 2 is 1.62 bits per heavy atom. The van der Waals surface area contributed by atoms with Crippen LogP contribution in [0.25, 0.3) is 0 Å². The van der Waals surface area contributed by atoms with Gasteiger partial charge in [-0.15, -0.1) is 0 Å². The molecule has 2 aliphatic heterocycles. The van der Waals surface area contributed by atoms with Gasteiger partial charge < -0.3 is 5.32 Å². The molecule has 3 fully saturated rings. The highest BCUT2D eigenvalue weighted by atomic mass is 79.9. The molecular weight excluding hydrogens is 512 g/mol. The molecule has 1 aliphatic carbocycles. The SMILES string of the molecule is CC(C)C1CCC(Nc2cc(Br)ccc2S(=O)(=O)N2CC(C3CCS(=O)(=O)CC3)C2)CC1. The molecule has 32 heavy (non-hydrogen) atoms. The molecule has 0 amide bonds. The third kappa shape index (κ3) is 5.36. The summed E-state index contributed by atoms with van der Waals surface area (Å²) in [5, 5.41) is 3.54. The van der Waals surface area contributed by atoms with Crippen LogP contribution in [0.4, 0.5) is 5.69 Å². The minimum atomic E-state index is -3.59. The Bertz CT molecular complexity index is 1010. The molecular formula is C23H35BrN2O4S2. The van der Waals surface area contributed by atoms with Gasteiger partial charge in [0.2, 0.25) is 10.0 Å². The Hall–Kier alpha value is -0.640. The average Bonchev–Trinajstić information content (AvgIpc) is 2.68. The molecule has 2 saturated heterocycles. The molecule has 0 radical (unpaired) electrons. The van der Waals surface area contributed by atoms with Crippen molar-refractivity contribution in [3.8, 4) is 0 Å². The van der Waals surface area contributed by atoms with Crippen molar-refractivity contribution in [1.82, 2.24) is 4.31 Å². The van der Waals surface area contributed by atoms with E-state index in [1.54, 1.807) is 16.4 Å². The number of sulfonamides is 1. The lowest BCUT2D eigenvalue weighted by molar-refractivity contribution is 0.127. The summed E-state index contributed by atoms with van der Waals surface area (Å²) in [6, 6.07) is 5.66. The zero-order valence-electron chi connectivity index (χ0n) is 19.0. The predicted molar refractivity (Wildman–Crippen MR) is 132 cm³/mol. The van der Waals surface area contributed by atoms with Crippen LogP contribution in [0.2, 0.25) is 0 Å². The topological polar surface area (TPSA) is 83.6 Å². The van der Waals surface area contributed by atoms with Crippen LogP contribution >= 0.6 is 15.9 Å². The first-order chi connectivity index (χ1) is 15.0. The lowest BCUT2D eigenvalue weighted by Crippen LogP contribution is -2.53. The Balaban J connectivity index is 1.42. The molecule has 3 aliphatic rings. The van der Waals surface area contributed by atoms with Gasteiger partial charge in [0.05, 0.1) is 17.2 Å². The third-order valence-corrected chi connectivity index (χ3v) is 11.9. The highest BCUT2D eigenvalue weighted by Gasteiger charge is 2.42. The highest BCUT2D eigenvalue weighted by molar-refractivity contribution is 9.10. The third-order valence-electron chi connectivity index (χ3n) is 7.78. The van der Waals surface area contributed by atoms with Crippen molar-refractivity contribution in [3.05, 3.63) is 22.7 Å². The molecule has 4 rings (SSSR count). The van der Waals surface area contributed by atoms with Crippen LogP contribution in [-0.4, -0.2) is 51.8 Å². The van der Waals surface area contributed by atoms with Gasteiger partial charge in [0, 0.05) is 23.6 Å². The van der Waals surface area contributed by atoms with Crippen molar-refractivity contribution >= 4 is 41.5 Å². The second-order valence-electron chi connectivity index (χ2n) is 10.2. The Labute approximate surface area is 201 Å². The maximum atomic E-state index is 13.4. The van der Waals surface area contributed by atoms with Gasteiger partial charge in [0.1, 0.15) is 14.7 Å². The van der Waals surface area contributed by atoms with E-state index in [0.29, 0.717) is 54.4 Å². The lowest BCUT2D eigenvalue weighted by atomic mass is 9.79. The summed E-state index contributed by atoms with van der Waals surface area (Å²) in [5.41, 5.74) is 0.680. The number of hydrogen-bond donors (Lipinski definition) is 1. The zero-order valence-corrected chi connectivity index (χ0v) is 22.2. The van der Waals surface area contributed by atoms with Crippen molar-refractivity contribution in [2.45, 2.75) is 63.3 Å². The second-order valence-corrected chi connectivity index (χ2v) is 15.3. The molecule has 1 aromatic rings. The first-order valence-electron chi connectivity index (χ1n) is 11.8. The molecule has 6 nitrogen and oxygen atoms in total. The molecule has 0 atom stereocenters. The van der Waals surface area contributed by atoms with Gasteiger partial charge in [0.25, 0.3) is 0 Å². The number of halogens is 1. The molecule has 9 heteroatoms. The Morgan fingerprint density at radius 1 is 1.00 bits per heavy atom. The number of hydrogen-bond acceptors (Lipinski definition) is 5. The van der Waals surface area contributed by atoms with Gasteiger partial charge in [0.15, 0.2) is 0 Å². The van der Waals surface area contributed by atoms with Crippen LogP contribution in [0, 0.1) is 23.7 Å². The van der Waals surface area contributed by atoms with E-state index in [4.69, 9.17) is 0 Å². The van der Waals surface area contributed by atoms with E-state index in [2.05, 4.69) is 35.1 Å². The average molecular weight is 548 g/mol. The van der Waals surface area contributed by atoms with Gasteiger partial charge in [-0.25, -0.2) is 16.8 Å². The molecule has 2 heterocycles. The van der Waals surface area contributed by atoms with Crippen molar-refractivity contribution in [2.24, 2.45) is 23.7 Å². The molecule has 180 valence electrons. The fraction of sp³-hybridized carbons (Fsp3) is 0.739. The maximum absolute atomic E-state index is 13.4. The molecule has 0 unspecified atom stereocenters. The van der Waals surface area contributed by atoms with E-state index in [1.165, 1.54) is 12.8 Å². The van der Waals surface area contributed by atoms with Crippen LogP contribution < -0.4 is 5.32 Å². The van der Waals surface area contributed by atoms with Crippen molar-refractivity contribution < 1.29 is 16.8 Å². The molecule has 0 spiro atoms. The number of nitrogens with zero attached hydrogens (tertiary/aromatic N) is 1. The summed E-state index contributed by atoms with van der Waals surface area (Å²) in [4.78, 5) is 0.344. The lowest BCUT2D eigenvalue weighted by Gasteiger charge is -2.43. The number of rotatable bonds is 6. The summed E-state index contributed by atoms with van der Waals surface area (Å²) < 4.78 is 52.7. The predicted octanol–water partition coefficient (Wildman–Crippen LogP) is 4.52. The number of nitrogens with one attached hydrogen (secondary N) is 1. The van der Waals surface area contributed by atoms with Crippen LogP contribution in [0.15, 0.2) is 27.6 Å². The zero-order chi connectivity index (χ0) is 23.1. The number of sulfone groups is 1. The summed E-state index contributed by atoms with van der Waals surface area (Å²) in [6.07, 6.45) is 5.79. The van der Waals surface area contributed by atoms with Crippen LogP contribution in [-0.2, 0) is 19.9 Å². The highest BCUT2D eigenvalue weighted by Crippen LogP contribution is 2.38. The molecule has 0 bridgehead atoms. The minimum Gasteiger partial charge on any atom is -0.381 e. The van der Waals surface area contributed by atoms with Gasteiger partial charge in [-0.2, -0.15) is 4.31 Å². The molecule has 1 N–H and O–H groups in total. The quantitative estimate of drug-likeness (QED) is 0.566. The molecule has 1 aromatic carbocycles. The molecule has 0 aromatic heterocycles. The first-order valence-corrected chi connectivity index (χ1v) is 15.9. The first kappa shape index (κ1) is 24.5. The smallest absolute Gasteiger partial charge is 0.245 e. The summed E-state index contributed by atoms with van der Waals surface area (Å²) >= 11 is 3.50. The standard InChI is InChI=1S/C23H35BrN2O4S2/c1-16(2)17-3-6-21(7-4-17)25-22-13-20(24)5-8-23(22)32(29,30)26-14-19(15-26)18-9-11-31(27,28)12-10-18/h5,8,13,16-19,21,25H,3-4,6-7,9-12,14-15H2,1-2H3. The van der Waals surface area contributed by atoms with E-state index in [9.17, 15) is 16.8 Å². The Morgan fingerprint density at radius 3 is 2.22 bits per heavy atom. The maximum Gasteiger partial charge on any atom is 0.245 e. The van der Waals surface area contributed by atoms with E-state index in [0.717, 1.165) is 23.2 Å². The van der Waals surface area contributed by atoms with Crippen LogP contribution in [0.5, 0.6) is 0 Å². The minimum absolute atomic E-state index is 0.237. The van der Waals surface area contributed by atoms with Gasteiger partial charge in [-0.05, 0) is 80.4 Å². The van der Waals surface area contributed by atoms with Crippen LogP contribution in [0.3, 0.4) is 0 Å². The van der Waals surface area contributed by atoms with Crippen LogP contribution in [0.1, 0.15) is 52.4 Å². The summed E-state index contributed by atoms with van der Waals surface area (Å²) in [6.45, 7) is 5.54. The fourth-order valence-corrected chi connectivity index (χ4v) is 9.05. The Kier molecular flexibility index (Phi) is 7.30. The van der Waals surface area contributed by atoms with E-state index in [-0.39, 0.29) is 17.4 Å². The van der Waals surface area contributed by atoms with Crippen molar-refractivity contribution in [1.29, 1.82) is 0 Å². The van der Waals surface area contributed by atoms with Crippen molar-refractivity contribution in [2.75, 3.05) is 29.9 Å². The van der Waals surface area contributed by atoms with Gasteiger partial charge in [-0.3, -0.25) is 0 Å². The second kappa shape index (κ2) is 9.55. The van der Waals surface area contributed by atoms with Gasteiger partial charge in [-0.1, -0.05) is 29.8 Å². The monoisotopic (exact) mass is 546 g/mol. The van der Waals surface area contributed by atoms with Gasteiger partial charge >= 0.3 is 0 Å². The fourth-order valence-electron chi connectivity index (χ4n) is 5.47. The summed E-state index contributed by atoms with van der Waals surface area (Å²) in [7, 11) is -6.48.